The fourth-order valence-electron chi connectivity index (χ4n) is 1.39. The molecule has 2 aromatic rings. The molecule has 1 aromatic heterocycles. The number of rotatable bonds is 1. The first-order valence-corrected chi connectivity index (χ1v) is 5.28. The molecule has 0 aliphatic heterocycles. The van der Waals surface area contributed by atoms with Crippen molar-refractivity contribution in [1.29, 1.82) is 0 Å². The van der Waals surface area contributed by atoms with Crippen LogP contribution >= 0.6 is 22.9 Å². The van der Waals surface area contributed by atoms with E-state index in [9.17, 15) is 4.79 Å². The molecule has 72 valence electrons. The van der Waals surface area contributed by atoms with E-state index in [-0.39, 0.29) is 5.78 Å². The topological polar surface area (TPSA) is 43.1 Å². The number of nitrogen functional groups attached to an aromatic ring is 1. The lowest BCUT2D eigenvalue weighted by atomic mass is 10.2. The van der Waals surface area contributed by atoms with Crippen molar-refractivity contribution >= 4 is 44.5 Å². The molecular weight excluding hydrogens is 218 g/mol. The van der Waals surface area contributed by atoms with Crippen LogP contribution in [0.3, 0.4) is 0 Å². The summed E-state index contributed by atoms with van der Waals surface area (Å²) in [7, 11) is 0. The lowest BCUT2D eigenvalue weighted by Crippen LogP contribution is -1.93. The Balaban J connectivity index is 2.87. The van der Waals surface area contributed by atoms with Gasteiger partial charge in [-0.15, -0.1) is 11.3 Å². The number of nitrogens with two attached hydrogens (primary N) is 1. The van der Waals surface area contributed by atoms with Gasteiger partial charge in [-0.3, -0.25) is 4.79 Å². The summed E-state index contributed by atoms with van der Waals surface area (Å²) in [6.07, 6.45) is 0. The summed E-state index contributed by atoms with van der Waals surface area (Å²) in [4.78, 5) is 11.8. The van der Waals surface area contributed by atoms with Gasteiger partial charge in [0.05, 0.1) is 15.6 Å². The summed E-state index contributed by atoms with van der Waals surface area (Å²) in [5.74, 6) is -0.0141. The molecule has 0 aliphatic carbocycles. The van der Waals surface area contributed by atoms with Crippen LogP contribution in [0.25, 0.3) is 10.1 Å². The van der Waals surface area contributed by atoms with E-state index in [0.29, 0.717) is 15.6 Å². The van der Waals surface area contributed by atoms with Gasteiger partial charge in [0.1, 0.15) is 0 Å². The van der Waals surface area contributed by atoms with Crippen LogP contribution in [0.1, 0.15) is 16.6 Å². The number of carbonyl (C=O) groups is 1. The Morgan fingerprint density at radius 3 is 2.79 bits per heavy atom. The summed E-state index contributed by atoms with van der Waals surface area (Å²) >= 11 is 7.38. The Labute approximate surface area is 90.3 Å². The van der Waals surface area contributed by atoms with Crippen molar-refractivity contribution in [1.82, 2.24) is 0 Å². The number of benzene rings is 1. The predicted octanol–water partition coefficient (Wildman–Crippen LogP) is 3.34. The number of fused-ring (bicyclic) bond motifs is 1. The molecule has 0 saturated heterocycles. The zero-order chi connectivity index (χ0) is 10.3. The zero-order valence-corrected chi connectivity index (χ0v) is 9.08. The first-order valence-electron chi connectivity index (χ1n) is 4.08. The Kier molecular flexibility index (Phi) is 2.21. The van der Waals surface area contributed by atoms with E-state index < -0.39 is 0 Å². The number of hydrogen-bond acceptors (Lipinski definition) is 3. The van der Waals surface area contributed by atoms with Crippen molar-refractivity contribution in [2.45, 2.75) is 6.92 Å². The van der Waals surface area contributed by atoms with E-state index in [4.69, 9.17) is 17.3 Å². The van der Waals surface area contributed by atoms with Gasteiger partial charge in [-0.25, -0.2) is 0 Å². The second-order valence-corrected chi connectivity index (χ2v) is 4.47. The minimum atomic E-state index is -0.0141. The zero-order valence-electron chi connectivity index (χ0n) is 7.50. The molecular formula is C10H8ClNOS. The molecule has 0 unspecified atom stereocenters. The quantitative estimate of drug-likeness (QED) is 0.757. The second-order valence-electron chi connectivity index (χ2n) is 3.01. The first kappa shape index (κ1) is 9.49. The van der Waals surface area contributed by atoms with E-state index in [1.807, 2.05) is 12.1 Å². The fourth-order valence-corrected chi connectivity index (χ4v) is 2.77. The van der Waals surface area contributed by atoms with Crippen molar-refractivity contribution in [2.24, 2.45) is 0 Å². The van der Waals surface area contributed by atoms with Crippen LogP contribution in [0.15, 0.2) is 18.2 Å². The van der Waals surface area contributed by atoms with Gasteiger partial charge in [-0.2, -0.15) is 0 Å². The number of hydrogen-bond donors (Lipinski definition) is 1. The van der Waals surface area contributed by atoms with Gasteiger partial charge in [-0.05, 0) is 12.1 Å². The Bertz CT molecular complexity index is 518. The molecule has 0 fully saturated rings. The molecule has 4 heteroatoms. The highest BCUT2D eigenvalue weighted by molar-refractivity contribution is 7.21. The van der Waals surface area contributed by atoms with Gasteiger partial charge < -0.3 is 5.73 Å². The summed E-state index contributed by atoms with van der Waals surface area (Å²) in [5.41, 5.74) is 6.35. The lowest BCUT2D eigenvalue weighted by molar-refractivity contribution is 0.102. The van der Waals surface area contributed by atoms with Crippen LogP contribution in [0, 0.1) is 0 Å². The SMILES string of the molecule is CC(=O)c1sc2cccc(Cl)c2c1N. The minimum Gasteiger partial charge on any atom is -0.397 e. The normalized spacial score (nSPS) is 10.7. The number of Topliss-reactive ketones (excluding diaryl/α,β-unsaturated/α-hetero) is 1. The molecule has 0 radical (unpaired) electrons. The molecule has 0 atom stereocenters. The highest BCUT2D eigenvalue weighted by Gasteiger charge is 2.14. The van der Waals surface area contributed by atoms with Crippen LogP contribution in [-0.2, 0) is 0 Å². The summed E-state index contributed by atoms with van der Waals surface area (Å²) in [5, 5.41) is 1.40. The molecule has 1 heterocycles. The van der Waals surface area contributed by atoms with Crippen molar-refractivity contribution < 1.29 is 4.79 Å². The van der Waals surface area contributed by atoms with E-state index >= 15 is 0 Å². The van der Waals surface area contributed by atoms with Gasteiger partial charge in [0.25, 0.3) is 0 Å². The molecule has 0 spiro atoms. The first-order chi connectivity index (χ1) is 6.61. The highest BCUT2D eigenvalue weighted by Crippen LogP contribution is 2.37. The highest BCUT2D eigenvalue weighted by atomic mass is 35.5. The molecule has 0 saturated carbocycles. The third-order valence-electron chi connectivity index (χ3n) is 2.02. The Morgan fingerprint density at radius 2 is 2.21 bits per heavy atom. The maximum absolute atomic E-state index is 11.2. The van der Waals surface area contributed by atoms with Crippen LogP contribution in [0.4, 0.5) is 5.69 Å². The van der Waals surface area contributed by atoms with Crippen molar-refractivity contribution in [2.75, 3.05) is 5.73 Å². The maximum Gasteiger partial charge on any atom is 0.171 e. The molecule has 2 N–H and O–H groups in total. The van der Waals surface area contributed by atoms with Gasteiger partial charge >= 0.3 is 0 Å². The van der Waals surface area contributed by atoms with Crippen LogP contribution < -0.4 is 5.73 Å². The van der Waals surface area contributed by atoms with Crippen LogP contribution in [0.5, 0.6) is 0 Å². The molecule has 14 heavy (non-hydrogen) atoms. The number of carbonyl (C=O) groups excluding carboxylic acids is 1. The van der Waals surface area contributed by atoms with Gasteiger partial charge in [0.15, 0.2) is 5.78 Å². The molecule has 0 aliphatic rings. The summed E-state index contributed by atoms with van der Waals surface area (Å²) < 4.78 is 0.959. The average molecular weight is 226 g/mol. The Hall–Kier alpha value is -1.06. The molecule has 2 rings (SSSR count). The van der Waals surface area contributed by atoms with E-state index in [2.05, 4.69) is 0 Å². The molecule has 1 aromatic carbocycles. The summed E-state index contributed by atoms with van der Waals surface area (Å²) in [6.45, 7) is 1.51. The van der Waals surface area contributed by atoms with E-state index in [0.717, 1.165) is 10.1 Å². The monoisotopic (exact) mass is 225 g/mol. The van der Waals surface area contributed by atoms with Gasteiger partial charge in [0, 0.05) is 17.0 Å². The van der Waals surface area contributed by atoms with E-state index in [1.54, 1.807) is 6.07 Å². The smallest absolute Gasteiger partial charge is 0.171 e. The average Bonchev–Trinajstić information content (AvgIpc) is 2.45. The second kappa shape index (κ2) is 3.26. The molecule has 0 bridgehead atoms. The van der Waals surface area contributed by atoms with Crippen LogP contribution in [0.2, 0.25) is 5.02 Å². The Morgan fingerprint density at radius 1 is 1.50 bits per heavy atom. The maximum atomic E-state index is 11.2. The molecule has 0 amide bonds. The molecule has 2 nitrogen and oxygen atoms in total. The fraction of sp³-hybridized carbons (Fsp3) is 0.100. The standard InChI is InChI=1S/C10H8ClNOS/c1-5(13)10-9(12)8-6(11)3-2-4-7(8)14-10/h2-4H,12H2,1H3. The number of anilines is 1. The summed E-state index contributed by atoms with van der Waals surface area (Å²) in [6, 6.07) is 5.54. The minimum absolute atomic E-state index is 0.0141. The van der Waals surface area contributed by atoms with Gasteiger partial charge in [-0.1, -0.05) is 17.7 Å². The van der Waals surface area contributed by atoms with Crippen molar-refractivity contribution in [3.05, 3.63) is 28.1 Å². The third kappa shape index (κ3) is 1.29. The number of halogens is 1. The predicted molar refractivity (Wildman–Crippen MR) is 61.3 cm³/mol. The number of ketones is 1. The van der Waals surface area contributed by atoms with E-state index in [1.165, 1.54) is 18.3 Å². The van der Waals surface area contributed by atoms with Gasteiger partial charge in [0.2, 0.25) is 0 Å². The van der Waals surface area contributed by atoms with Crippen molar-refractivity contribution in [3.63, 3.8) is 0 Å². The third-order valence-corrected chi connectivity index (χ3v) is 3.61. The number of thiophene rings is 1. The largest absolute Gasteiger partial charge is 0.397 e. The van der Waals surface area contributed by atoms with Crippen molar-refractivity contribution in [3.8, 4) is 0 Å². The van der Waals surface area contributed by atoms with Crippen LogP contribution in [-0.4, -0.2) is 5.78 Å². The lowest BCUT2D eigenvalue weighted by Gasteiger charge is -1.95.